The van der Waals surface area contributed by atoms with E-state index in [9.17, 15) is 4.79 Å². The van der Waals surface area contributed by atoms with Gasteiger partial charge in [-0.25, -0.2) is 0 Å². The lowest BCUT2D eigenvalue weighted by Crippen LogP contribution is -2.23. The van der Waals surface area contributed by atoms with Gasteiger partial charge in [0.05, 0.1) is 0 Å². The number of hydrogen-bond donors (Lipinski definition) is 1. The molecule has 0 spiro atoms. The molecule has 0 aromatic rings. The molecule has 0 fully saturated rings. The maximum atomic E-state index is 10.9. The Morgan fingerprint density at radius 1 is 1.70 bits per heavy atom. The Hall–Kier alpha value is -0.150. The number of thioether (sulfide) groups is 1. The molecular weight excluding hydrogens is 170 g/mol. The summed E-state index contributed by atoms with van der Waals surface area (Å²) in [4.78, 5) is 11.8. The van der Waals surface area contributed by atoms with Gasteiger partial charge in [0.2, 0.25) is 0 Å². The number of allylic oxidation sites excluding steroid dienone is 1. The molecule has 1 aliphatic rings. The molecule has 1 amide bonds. The van der Waals surface area contributed by atoms with Gasteiger partial charge in [0.1, 0.15) is 5.03 Å². The SMILES string of the molecule is CC1=C(Cl)C(=O)NCCS1. The van der Waals surface area contributed by atoms with Crippen LogP contribution in [0, 0.1) is 0 Å². The smallest absolute Gasteiger partial charge is 0.263 e. The highest BCUT2D eigenvalue weighted by atomic mass is 35.5. The molecule has 1 heterocycles. The van der Waals surface area contributed by atoms with Crippen LogP contribution in [0.15, 0.2) is 9.94 Å². The number of carbonyl (C=O) groups excluding carboxylic acids is 1. The first-order valence-corrected chi connectivity index (χ1v) is 4.35. The standard InChI is InChI=1S/C6H8ClNOS/c1-4-5(7)6(9)8-2-3-10-4/h2-3H2,1H3,(H,8,9). The maximum absolute atomic E-state index is 10.9. The summed E-state index contributed by atoms with van der Waals surface area (Å²) >= 11 is 7.28. The van der Waals surface area contributed by atoms with E-state index in [4.69, 9.17) is 11.6 Å². The van der Waals surface area contributed by atoms with Crippen LogP contribution < -0.4 is 5.32 Å². The van der Waals surface area contributed by atoms with Gasteiger partial charge in [-0.15, -0.1) is 11.8 Å². The molecule has 1 rings (SSSR count). The average Bonchev–Trinajstić information content (AvgIpc) is 2.04. The normalized spacial score (nSPS) is 20.4. The van der Waals surface area contributed by atoms with Crippen molar-refractivity contribution in [3.8, 4) is 0 Å². The van der Waals surface area contributed by atoms with Gasteiger partial charge in [-0.3, -0.25) is 4.79 Å². The van der Waals surface area contributed by atoms with Crippen LogP contribution in [0.4, 0.5) is 0 Å². The van der Waals surface area contributed by atoms with Gasteiger partial charge < -0.3 is 5.32 Å². The summed E-state index contributed by atoms with van der Waals surface area (Å²) in [5, 5.41) is 3.01. The number of rotatable bonds is 0. The fourth-order valence-corrected chi connectivity index (χ4v) is 1.63. The van der Waals surface area contributed by atoms with Crippen molar-refractivity contribution < 1.29 is 4.79 Å². The van der Waals surface area contributed by atoms with Gasteiger partial charge in [-0.2, -0.15) is 0 Å². The molecule has 0 bridgehead atoms. The number of nitrogens with one attached hydrogen (secondary N) is 1. The summed E-state index contributed by atoms with van der Waals surface area (Å²) < 4.78 is 0. The lowest BCUT2D eigenvalue weighted by Gasteiger charge is -1.96. The molecule has 1 aliphatic heterocycles. The second kappa shape index (κ2) is 3.30. The van der Waals surface area contributed by atoms with Crippen molar-refractivity contribution in [1.82, 2.24) is 5.32 Å². The minimum absolute atomic E-state index is 0.149. The van der Waals surface area contributed by atoms with Crippen molar-refractivity contribution >= 4 is 29.3 Å². The third-order valence-electron chi connectivity index (χ3n) is 1.21. The third-order valence-corrected chi connectivity index (χ3v) is 2.83. The number of carbonyl (C=O) groups is 1. The second-order valence-electron chi connectivity index (χ2n) is 1.97. The minimum atomic E-state index is -0.149. The lowest BCUT2D eigenvalue weighted by atomic mass is 10.5. The predicted octanol–water partition coefficient (Wildman–Crippen LogP) is 1.32. The zero-order valence-corrected chi connectivity index (χ0v) is 7.18. The highest BCUT2D eigenvalue weighted by Gasteiger charge is 2.12. The molecule has 0 aliphatic carbocycles. The fourth-order valence-electron chi connectivity index (χ4n) is 0.670. The summed E-state index contributed by atoms with van der Waals surface area (Å²) in [5.41, 5.74) is 0. The molecule has 2 nitrogen and oxygen atoms in total. The Balaban J connectivity index is 2.79. The first-order valence-electron chi connectivity index (χ1n) is 2.99. The zero-order chi connectivity index (χ0) is 7.56. The van der Waals surface area contributed by atoms with Crippen molar-refractivity contribution in [2.75, 3.05) is 12.3 Å². The van der Waals surface area contributed by atoms with Crippen LogP contribution in [0.3, 0.4) is 0 Å². The van der Waals surface area contributed by atoms with E-state index < -0.39 is 0 Å². The monoisotopic (exact) mass is 177 g/mol. The van der Waals surface area contributed by atoms with E-state index in [0.29, 0.717) is 11.6 Å². The van der Waals surface area contributed by atoms with Crippen LogP contribution in [-0.4, -0.2) is 18.2 Å². The van der Waals surface area contributed by atoms with E-state index in [2.05, 4.69) is 5.32 Å². The molecule has 0 aromatic carbocycles. The molecule has 0 saturated carbocycles. The Morgan fingerprint density at radius 3 is 3.10 bits per heavy atom. The van der Waals surface area contributed by atoms with E-state index in [-0.39, 0.29) is 5.91 Å². The highest BCUT2D eigenvalue weighted by molar-refractivity contribution is 8.03. The van der Waals surface area contributed by atoms with Gasteiger partial charge in [0, 0.05) is 17.2 Å². The van der Waals surface area contributed by atoms with Crippen molar-refractivity contribution in [3.63, 3.8) is 0 Å². The van der Waals surface area contributed by atoms with Crippen molar-refractivity contribution in [2.24, 2.45) is 0 Å². The first kappa shape index (κ1) is 7.95. The van der Waals surface area contributed by atoms with Gasteiger partial charge in [0.25, 0.3) is 5.91 Å². The Bertz CT molecular complexity index is 190. The molecule has 4 heteroatoms. The van der Waals surface area contributed by atoms with Crippen LogP contribution in [0.25, 0.3) is 0 Å². The third kappa shape index (κ3) is 1.67. The van der Waals surface area contributed by atoms with E-state index in [1.807, 2.05) is 6.92 Å². The lowest BCUT2D eigenvalue weighted by molar-refractivity contribution is -0.116. The van der Waals surface area contributed by atoms with Gasteiger partial charge in [0.15, 0.2) is 0 Å². The summed E-state index contributed by atoms with van der Waals surface area (Å²) in [6, 6.07) is 0. The molecule has 1 N–H and O–H groups in total. The Labute approximate surface area is 69.0 Å². The quantitative estimate of drug-likeness (QED) is 0.605. The summed E-state index contributed by atoms with van der Waals surface area (Å²) in [5.74, 6) is 0.762. The molecule has 0 radical (unpaired) electrons. The van der Waals surface area contributed by atoms with E-state index in [0.717, 1.165) is 10.7 Å². The number of hydrogen-bond acceptors (Lipinski definition) is 2. The van der Waals surface area contributed by atoms with Crippen LogP contribution in [-0.2, 0) is 4.79 Å². The van der Waals surface area contributed by atoms with Crippen LogP contribution in [0.1, 0.15) is 6.92 Å². The minimum Gasteiger partial charge on any atom is -0.350 e. The zero-order valence-electron chi connectivity index (χ0n) is 5.61. The average molecular weight is 178 g/mol. The molecular formula is C6H8ClNOS. The molecule has 0 aromatic heterocycles. The Kier molecular flexibility index (Phi) is 2.63. The van der Waals surface area contributed by atoms with Crippen LogP contribution >= 0.6 is 23.4 Å². The summed E-state index contributed by atoms with van der Waals surface area (Å²) in [6.07, 6.45) is 0. The van der Waals surface area contributed by atoms with E-state index in [1.54, 1.807) is 11.8 Å². The largest absolute Gasteiger partial charge is 0.350 e. The predicted molar refractivity (Wildman–Crippen MR) is 44.0 cm³/mol. The topological polar surface area (TPSA) is 29.1 Å². The fraction of sp³-hybridized carbons (Fsp3) is 0.500. The van der Waals surface area contributed by atoms with Gasteiger partial charge in [-0.1, -0.05) is 11.6 Å². The Morgan fingerprint density at radius 2 is 2.40 bits per heavy atom. The molecule has 0 atom stereocenters. The first-order chi connectivity index (χ1) is 4.72. The summed E-state index contributed by atoms with van der Waals surface area (Å²) in [6.45, 7) is 2.56. The van der Waals surface area contributed by atoms with Crippen LogP contribution in [0.5, 0.6) is 0 Å². The number of amides is 1. The van der Waals surface area contributed by atoms with Crippen molar-refractivity contribution in [1.29, 1.82) is 0 Å². The molecule has 10 heavy (non-hydrogen) atoms. The highest BCUT2D eigenvalue weighted by Crippen LogP contribution is 2.23. The molecule has 0 unspecified atom stereocenters. The van der Waals surface area contributed by atoms with Crippen molar-refractivity contribution in [2.45, 2.75) is 6.92 Å². The number of halogens is 1. The van der Waals surface area contributed by atoms with Gasteiger partial charge in [-0.05, 0) is 6.92 Å². The maximum Gasteiger partial charge on any atom is 0.263 e. The second-order valence-corrected chi connectivity index (χ2v) is 3.66. The van der Waals surface area contributed by atoms with Crippen molar-refractivity contribution in [3.05, 3.63) is 9.94 Å². The van der Waals surface area contributed by atoms with Crippen LogP contribution in [0.2, 0.25) is 0 Å². The molecule has 0 saturated heterocycles. The van der Waals surface area contributed by atoms with E-state index in [1.165, 1.54) is 0 Å². The van der Waals surface area contributed by atoms with Gasteiger partial charge >= 0.3 is 0 Å². The van der Waals surface area contributed by atoms with E-state index >= 15 is 0 Å². The molecule has 56 valence electrons. The summed E-state index contributed by atoms with van der Waals surface area (Å²) in [7, 11) is 0.